The fourth-order valence-electron chi connectivity index (χ4n) is 2.59. The molecule has 0 unspecified atom stereocenters. The van der Waals surface area contributed by atoms with Gasteiger partial charge in [0.25, 0.3) is 0 Å². The molecule has 108 valence electrons. The van der Waals surface area contributed by atoms with E-state index in [1.165, 1.54) is 0 Å². The lowest BCUT2D eigenvalue weighted by Crippen LogP contribution is -2.30. The van der Waals surface area contributed by atoms with Crippen molar-refractivity contribution < 1.29 is 13.5 Å². The van der Waals surface area contributed by atoms with E-state index in [0.717, 1.165) is 34.3 Å². The summed E-state index contributed by atoms with van der Waals surface area (Å²) in [7, 11) is 1.08. The second-order valence-electron chi connectivity index (χ2n) is 5.38. The van der Waals surface area contributed by atoms with Crippen molar-refractivity contribution >= 4 is 8.58 Å². The van der Waals surface area contributed by atoms with Crippen molar-refractivity contribution in [1.82, 2.24) is 0 Å². The van der Waals surface area contributed by atoms with Gasteiger partial charge in [0.2, 0.25) is 0 Å². The molecule has 2 aliphatic carbocycles. The Kier molecular flexibility index (Phi) is 8.33. The standard InChI is InChI=1S/C12H20F2O.C2H7P/c13-9-1-5-11(6-2-9)15-12-7-3-10(14)4-8-12;1-3-2/h9-12H,1-8H2;3H,1-2H3. The fourth-order valence-corrected chi connectivity index (χ4v) is 2.59. The predicted octanol–water partition coefficient (Wildman–Crippen LogP) is 4.49. The van der Waals surface area contributed by atoms with Crippen LogP contribution >= 0.6 is 8.58 Å². The molecule has 0 amide bonds. The van der Waals surface area contributed by atoms with Crippen LogP contribution in [0.3, 0.4) is 0 Å². The Bertz CT molecular complexity index is 180. The van der Waals surface area contributed by atoms with Crippen molar-refractivity contribution in [2.45, 2.75) is 75.9 Å². The molecule has 0 heterocycles. The van der Waals surface area contributed by atoms with Crippen LogP contribution in [0.5, 0.6) is 0 Å². The van der Waals surface area contributed by atoms with Gasteiger partial charge in [-0.15, -0.1) is 8.58 Å². The number of halogens is 2. The van der Waals surface area contributed by atoms with Crippen LogP contribution in [0.1, 0.15) is 51.4 Å². The number of hydrogen-bond donors (Lipinski definition) is 0. The summed E-state index contributed by atoms with van der Waals surface area (Å²) in [4.78, 5) is 0. The summed E-state index contributed by atoms with van der Waals surface area (Å²) in [5.74, 6) is 0. The lowest BCUT2D eigenvalue weighted by atomic mass is 9.93. The lowest BCUT2D eigenvalue weighted by molar-refractivity contribution is -0.0599. The highest BCUT2D eigenvalue weighted by Gasteiger charge is 2.26. The lowest BCUT2D eigenvalue weighted by Gasteiger charge is -2.31. The molecule has 0 aromatic rings. The summed E-state index contributed by atoms with van der Waals surface area (Å²) in [5, 5.41) is 0. The fraction of sp³-hybridized carbons (Fsp3) is 1.00. The van der Waals surface area contributed by atoms with Crippen LogP contribution in [0.25, 0.3) is 0 Å². The van der Waals surface area contributed by atoms with Crippen LogP contribution in [0, 0.1) is 0 Å². The molecule has 0 N–H and O–H groups in total. The summed E-state index contributed by atoms with van der Waals surface area (Å²) in [6.07, 6.45) is 5.17. The Morgan fingerprint density at radius 3 is 1.28 bits per heavy atom. The quantitative estimate of drug-likeness (QED) is 0.677. The van der Waals surface area contributed by atoms with Crippen LogP contribution in [-0.4, -0.2) is 37.9 Å². The molecule has 1 nitrogen and oxygen atoms in total. The molecule has 18 heavy (non-hydrogen) atoms. The SMILES string of the molecule is CPC.FC1CCC(OC2CCC(F)CC2)CC1. The Morgan fingerprint density at radius 2 is 1.00 bits per heavy atom. The normalized spacial score (nSPS) is 36.7. The first-order valence-electron chi connectivity index (χ1n) is 7.17. The van der Waals surface area contributed by atoms with E-state index in [1.807, 2.05) is 0 Å². The van der Waals surface area contributed by atoms with Gasteiger partial charge in [0, 0.05) is 0 Å². The largest absolute Gasteiger partial charge is 0.375 e. The first-order valence-corrected chi connectivity index (χ1v) is 9.17. The Labute approximate surface area is 112 Å². The highest BCUT2D eigenvalue weighted by molar-refractivity contribution is 7.35. The van der Waals surface area contributed by atoms with Crippen molar-refractivity contribution in [3.05, 3.63) is 0 Å². The molecule has 2 fully saturated rings. The maximum absolute atomic E-state index is 12.9. The number of hydrogen-bond acceptors (Lipinski definition) is 1. The molecule has 2 rings (SSSR count). The number of rotatable bonds is 2. The van der Waals surface area contributed by atoms with Gasteiger partial charge in [-0.3, -0.25) is 0 Å². The molecule has 0 radical (unpaired) electrons. The van der Waals surface area contributed by atoms with E-state index in [-0.39, 0.29) is 12.2 Å². The maximum Gasteiger partial charge on any atom is 0.100 e. The second kappa shape index (κ2) is 9.20. The van der Waals surface area contributed by atoms with E-state index in [0.29, 0.717) is 25.7 Å². The van der Waals surface area contributed by atoms with Crippen molar-refractivity contribution in [3.8, 4) is 0 Å². The van der Waals surface area contributed by atoms with Gasteiger partial charge < -0.3 is 4.74 Å². The van der Waals surface area contributed by atoms with Crippen molar-refractivity contribution in [2.24, 2.45) is 0 Å². The van der Waals surface area contributed by atoms with Gasteiger partial charge in [0.1, 0.15) is 12.3 Å². The average molecular weight is 280 g/mol. The van der Waals surface area contributed by atoms with Gasteiger partial charge in [-0.2, -0.15) is 0 Å². The molecule has 0 spiro atoms. The minimum Gasteiger partial charge on any atom is -0.375 e. The summed E-state index contributed by atoms with van der Waals surface area (Å²) < 4.78 is 31.7. The maximum atomic E-state index is 12.9. The van der Waals surface area contributed by atoms with Crippen LogP contribution in [-0.2, 0) is 4.74 Å². The van der Waals surface area contributed by atoms with Crippen LogP contribution in [0.2, 0.25) is 0 Å². The highest BCUT2D eigenvalue weighted by Crippen LogP contribution is 2.29. The minimum atomic E-state index is -0.619. The highest BCUT2D eigenvalue weighted by atomic mass is 31.1. The van der Waals surface area contributed by atoms with Gasteiger partial charge in [0.05, 0.1) is 12.2 Å². The summed E-state index contributed by atoms with van der Waals surface area (Å²) in [6, 6.07) is 0. The second-order valence-corrected chi connectivity index (χ2v) is 6.38. The van der Waals surface area contributed by atoms with Gasteiger partial charge in [-0.25, -0.2) is 8.78 Å². The van der Waals surface area contributed by atoms with Gasteiger partial charge in [-0.05, 0) is 64.7 Å². The third-order valence-electron chi connectivity index (χ3n) is 3.59. The zero-order valence-electron chi connectivity index (χ0n) is 11.6. The average Bonchev–Trinajstić information content (AvgIpc) is 2.36. The first-order chi connectivity index (χ1) is 8.65. The van der Waals surface area contributed by atoms with Crippen molar-refractivity contribution in [2.75, 3.05) is 13.3 Å². The Hall–Kier alpha value is 0.250. The van der Waals surface area contributed by atoms with Gasteiger partial charge in [-0.1, -0.05) is 0 Å². The Morgan fingerprint density at radius 1 is 0.722 bits per heavy atom. The van der Waals surface area contributed by atoms with Gasteiger partial charge >= 0.3 is 0 Å². The molecule has 0 saturated heterocycles. The zero-order chi connectivity index (χ0) is 13.4. The molecule has 0 aliphatic heterocycles. The minimum absolute atomic E-state index is 0.234. The van der Waals surface area contributed by atoms with Crippen molar-refractivity contribution in [1.29, 1.82) is 0 Å². The Balaban J connectivity index is 0.000000492. The molecule has 0 atom stereocenters. The summed E-state index contributed by atoms with van der Waals surface area (Å²) in [6.45, 7) is 4.31. The van der Waals surface area contributed by atoms with E-state index >= 15 is 0 Å². The number of alkyl halides is 2. The molecule has 0 aromatic carbocycles. The van der Waals surface area contributed by atoms with E-state index in [9.17, 15) is 8.78 Å². The topological polar surface area (TPSA) is 9.23 Å². The van der Waals surface area contributed by atoms with Crippen molar-refractivity contribution in [3.63, 3.8) is 0 Å². The van der Waals surface area contributed by atoms with E-state index < -0.39 is 12.3 Å². The molecule has 2 saturated carbocycles. The van der Waals surface area contributed by atoms with Crippen LogP contribution in [0.4, 0.5) is 8.78 Å². The zero-order valence-corrected chi connectivity index (χ0v) is 12.6. The molecular weight excluding hydrogens is 253 g/mol. The first kappa shape index (κ1) is 16.3. The third kappa shape index (κ3) is 6.43. The molecular formula is C14H27F2OP. The van der Waals surface area contributed by atoms with Gasteiger partial charge in [0.15, 0.2) is 0 Å². The molecule has 2 aliphatic rings. The molecule has 4 heteroatoms. The smallest absolute Gasteiger partial charge is 0.100 e. The third-order valence-corrected chi connectivity index (χ3v) is 3.59. The van der Waals surface area contributed by atoms with Crippen LogP contribution in [0.15, 0.2) is 0 Å². The predicted molar refractivity (Wildman–Crippen MR) is 75.6 cm³/mol. The molecule has 0 bridgehead atoms. The summed E-state index contributed by atoms with van der Waals surface area (Å²) >= 11 is 0. The molecule has 0 aromatic heterocycles. The number of ether oxygens (including phenoxy) is 1. The van der Waals surface area contributed by atoms with E-state index in [2.05, 4.69) is 13.3 Å². The van der Waals surface area contributed by atoms with E-state index in [4.69, 9.17) is 4.74 Å². The summed E-state index contributed by atoms with van der Waals surface area (Å²) in [5.41, 5.74) is 0. The monoisotopic (exact) mass is 280 g/mol. The van der Waals surface area contributed by atoms with E-state index in [1.54, 1.807) is 0 Å². The van der Waals surface area contributed by atoms with Crippen LogP contribution < -0.4 is 0 Å².